The van der Waals surface area contributed by atoms with Crippen molar-refractivity contribution in [2.75, 3.05) is 0 Å². The van der Waals surface area contributed by atoms with E-state index >= 15 is 0 Å². The average molecular weight is 456 g/mol. The number of aliphatic hydroxyl groups excluding tert-OH is 1. The molecule has 1 N–H and O–H groups in total. The Morgan fingerprint density at radius 1 is 0.939 bits per heavy atom. The van der Waals surface area contributed by atoms with Gasteiger partial charge in [0.25, 0.3) is 0 Å². The van der Waals surface area contributed by atoms with Crippen LogP contribution in [0.15, 0.2) is 11.6 Å². The van der Waals surface area contributed by atoms with E-state index in [1.54, 1.807) is 0 Å². The fourth-order valence-corrected chi connectivity index (χ4v) is 10.8. The quantitative estimate of drug-likeness (QED) is 0.512. The normalized spacial score (nSPS) is 55.3. The highest BCUT2D eigenvalue weighted by atomic mass is 16.4. The van der Waals surface area contributed by atoms with Gasteiger partial charge in [-0.15, -0.1) is 0 Å². The predicted octanol–water partition coefficient (Wildman–Crippen LogP) is 5.75. The molecule has 4 saturated carbocycles. The molecule has 4 fully saturated rings. The largest absolute Gasteiger partial charge is 0.550 e. The van der Waals surface area contributed by atoms with Crippen LogP contribution in [-0.2, 0) is 4.79 Å². The zero-order valence-corrected chi connectivity index (χ0v) is 22.2. The summed E-state index contributed by atoms with van der Waals surface area (Å²) in [6.45, 7) is 16.8. The van der Waals surface area contributed by atoms with Crippen molar-refractivity contribution in [3.05, 3.63) is 11.6 Å². The fourth-order valence-electron chi connectivity index (χ4n) is 10.8. The van der Waals surface area contributed by atoms with Crippen molar-refractivity contribution in [2.24, 2.45) is 56.7 Å². The standard InChI is InChI=1S/C30H48O3/c1-18-10-15-30(25(32)33)17-16-28(6)20(24(30)19(18)2)8-9-22-27(5)13-12-23(31)26(3,4)21(27)11-14-29(22,28)7/h8,18-19,21-24,31H,9-17H2,1-7H3,(H,32,33)/p-1/t18-,19-,21+,22+,23+,24+,27+,28-,29+,30-/m1/s1. The molecule has 0 bridgehead atoms. The van der Waals surface area contributed by atoms with E-state index in [4.69, 9.17) is 0 Å². The Kier molecular flexibility index (Phi) is 5.15. The second kappa shape index (κ2) is 7.11. The molecule has 0 radical (unpaired) electrons. The van der Waals surface area contributed by atoms with E-state index in [9.17, 15) is 15.0 Å². The number of fused-ring (bicyclic) bond motifs is 7. The molecule has 0 amide bonds. The van der Waals surface area contributed by atoms with Gasteiger partial charge >= 0.3 is 0 Å². The molecule has 0 spiro atoms. The van der Waals surface area contributed by atoms with E-state index in [2.05, 4.69) is 54.5 Å². The number of aliphatic hydroxyl groups is 1. The minimum Gasteiger partial charge on any atom is -0.550 e. The fraction of sp³-hybridized carbons (Fsp3) is 0.900. The van der Waals surface area contributed by atoms with Crippen LogP contribution in [0.5, 0.6) is 0 Å². The number of carbonyl (C=O) groups is 1. The number of carboxylic acids is 1. The van der Waals surface area contributed by atoms with Crippen molar-refractivity contribution in [3.8, 4) is 0 Å². The van der Waals surface area contributed by atoms with Gasteiger partial charge in [-0.2, -0.15) is 0 Å². The van der Waals surface area contributed by atoms with Crippen LogP contribution in [0.2, 0.25) is 0 Å². The minimum absolute atomic E-state index is 0.0385. The molecule has 5 aliphatic carbocycles. The van der Waals surface area contributed by atoms with Crippen molar-refractivity contribution >= 4 is 5.97 Å². The van der Waals surface area contributed by atoms with Gasteiger partial charge in [-0.25, -0.2) is 0 Å². The van der Waals surface area contributed by atoms with Gasteiger partial charge < -0.3 is 15.0 Å². The van der Waals surface area contributed by atoms with Gasteiger partial charge in [-0.05, 0) is 109 Å². The van der Waals surface area contributed by atoms with Crippen molar-refractivity contribution in [3.63, 3.8) is 0 Å². The molecule has 0 unspecified atom stereocenters. The number of aliphatic carboxylic acids is 1. The van der Waals surface area contributed by atoms with Crippen molar-refractivity contribution in [1.29, 1.82) is 0 Å². The number of rotatable bonds is 1. The molecule has 0 saturated heterocycles. The van der Waals surface area contributed by atoms with Crippen LogP contribution in [-0.4, -0.2) is 17.2 Å². The first-order chi connectivity index (χ1) is 15.3. The molecule has 3 heteroatoms. The van der Waals surface area contributed by atoms with E-state index in [-0.39, 0.29) is 33.7 Å². The van der Waals surface area contributed by atoms with Crippen LogP contribution in [0.1, 0.15) is 106 Å². The molecule has 33 heavy (non-hydrogen) atoms. The lowest BCUT2D eigenvalue weighted by molar-refractivity contribution is -0.327. The van der Waals surface area contributed by atoms with Crippen LogP contribution in [0, 0.1) is 56.7 Å². The SMILES string of the molecule is C[C@@H]1[C@H](C)CC[C@@]2(C(=O)[O-])CC[C@]3(C)C(=CC[C@H]4[C@@]5(C)CC[C@H](O)C(C)(C)[C@@H]5CC[C@@]43C)[C@H]12. The Morgan fingerprint density at radius 3 is 2.30 bits per heavy atom. The van der Waals surface area contributed by atoms with Crippen molar-refractivity contribution in [1.82, 2.24) is 0 Å². The molecule has 3 nitrogen and oxygen atoms in total. The lowest BCUT2D eigenvalue weighted by Gasteiger charge is -2.71. The number of hydrogen-bond donors (Lipinski definition) is 1. The van der Waals surface area contributed by atoms with Gasteiger partial charge in [-0.3, -0.25) is 0 Å². The summed E-state index contributed by atoms with van der Waals surface area (Å²) in [5, 5.41) is 23.6. The van der Waals surface area contributed by atoms with Crippen LogP contribution in [0.3, 0.4) is 0 Å². The minimum atomic E-state index is -0.792. The molecule has 0 aromatic carbocycles. The molecule has 0 heterocycles. The first kappa shape index (κ1) is 23.9. The van der Waals surface area contributed by atoms with Gasteiger partial charge in [-0.1, -0.05) is 60.1 Å². The van der Waals surface area contributed by atoms with Crippen LogP contribution < -0.4 is 5.11 Å². The molecule has 0 aromatic heterocycles. The number of allylic oxidation sites excluding steroid dienone is 2. The predicted molar refractivity (Wildman–Crippen MR) is 130 cm³/mol. The molecule has 0 aromatic rings. The summed E-state index contributed by atoms with van der Waals surface area (Å²) in [5.41, 5.74) is 1.24. The topological polar surface area (TPSA) is 60.4 Å². The molecule has 0 aliphatic heterocycles. The van der Waals surface area contributed by atoms with Crippen molar-refractivity contribution < 1.29 is 15.0 Å². The summed E-state index contributed by atoms with van der Waals surface area (Å²) in [7, 11) is 0. The van der Waals surface area contributed by atoms with Crippen LogP contribution in [0.25, 0.3) is 0 Å². The lowest BCUT2D eigenvalue weighted by atomic mass is 9.33. The number of hydrogen-bond acceptors (Lipinski definition) is 3. The zero-order valence-electron chi connectivity index (χ0n) is 22.2. The Hall–Kier alpha value is -0.830. The van der Waals surface area contributed by atoms with Gasteiger partial charge in [0.1, 0.15) is 0 Å². The van der Waals surface area contributed by atoms with Gasteiger partial charge in [0.15, 0.2) is 0 Å². The smallest absolute Gasteiger partial charge is 0.0594 e. The maximum Gasteiger partial charge on any atom is 0.0594 e. The molecule has 5 aliphatic rings. The number of carbonyl (C=O) groups excluding carboxylic acids is 1. The third-order valence-corrected chi connectivity index (χ3v) is 13.4. The maximum absolute atomic E-state index is 12.7. The molecule has 10 atom stereocenters. The second-order valence-corrected chi connectivity index (χ2v) is 14.5. The highest BCUT2D eigenvalue weighted by Gasteiger charge is 2.68. The summed E-state index contributed by atoms with van der Waals surface area (Å²) in [5.74, 6) is 1.42. The van der Waals surface area contributed by atoms with E-state index in [1.165, 1.54) is 18.4 Å². The van der Waals surface area contributed by atoms with Gasteiger partial charge in [0.05, 0.1) is 6.10 Å². The van der Waals surface area contributed by atoms with E-state index in [0.29, 0.717) is 23.7 Å². The van der Waals surface area contributed by atoms with Gasteiger partial charge in [0, 0.05) is 11.4 Å². The summed E-state index contributed by atoms with van der Waals surface area (Å²) in [6.07, 6.45) is 11.3. The molecular weight excluding hydrogens is 408 g/mol. The van der Waals surface area contributed by atoms with Gasteiger partial charge in [0.2, 0.25) is 0 Å². The Bertz CT molecular complexity index is 874. The summed E-state index contributed by atoms with van der Waals surface area (Å²) >= 11 is 0. The summed E-state index contributed by atoms with van der Waals surface area (Å²) in [4.78, 5) is 12.7. The third kappa shape index (κ3) is 2.75. The van der Waals surface area contributed by atoms with E-state index in [1.807, 2.05) is 0 Å². The van der Waals surface area contributed by atoms with Crippen LogP contribution in [0.4, 0.5) is 0 Å². The first-order valence-corrected chi connectivity index (χ1v) is 13.9. The maximum atomic E-state index is 12.7. The Morgan fingerprint density at radius 2 is 1.64 bits per heavy atom. The molecule has 5 rings (SSSR count). The third-order valence-electron chi connectivity index (χ3n) is 13.4. The highest BCUT2D eigenvalue weighted by molar-refractivity contribution is 5.74. The Balaban J connectivity index is 1.61. The number of carboxylic acid groups (broad SMARTS) is 1. The van der Waals surface area contributed by atoms with Crippen molar-refractivity contribution in [2.45, 2.75) is 112 Å². The highest BCUT2D eigenvalue weighted by Crippen LogP contribution is 2.75. The summed E-state index contributed by atoms with van der Waals surface area (Å²) in [6, 6.07) is 0. The monoisotopic (exact) mass is 455 g/mol. The molecule has 186 valence electrons. The van der Waals surface area contributed by atoms with E-state index < -0.39 is 11.4 Å². The Labute approximate surface area is 201 Å². The van der Waals surface area contributed by atoms with Crippen LogP contribution >= 0.6 is 0 Å². The first-order valence-electron chi connectivity index (χ1n) is 13.9. The second-order valence-electron chi connectivity index (χ2n) is 14.5. The van der Waals surface area contributed by atoms with E-state index in [0.717, 1.165) is 44.9 Å². The molecular formula is C30H47O3-. The average Bonchev–Trinajstić information content (AvgIpc) is 2.74. The summed E-state index contributed by atoms with van der Waals surface area (Å²) < 4.78 is 0. The lowest BCUT2D eigenvalue weighted by Crippen LogP contribution is -2.66. The zero-order chi connectivity index (χ0) is 24.2.